The van der Waals surface area contributed by atoms with Crippen molar-refractivity contribution in [1.29, 1.82) is 0 Å². The van der Waals surface area contributed by atoms with Gasteiger partial charge in [-0.15, -0.1) is 0 Å². The van der Waals surface area contributed by atoms with Crippen molar-refractivity contribution in [3.63, 3.8) is 0 Å². The zero-order valence-electron chi connectivity index (χ0n) is 12.7. The molecule has 0 aromatic rings. The Morgan fingerprint density at radius 2 is 2.06 bits per heavy atom. The van der Waals surface area contributed by atoms with Crippen LogP contribution >= 0.6 is 11.8 Å². The van der Waals surface area contributed by atoms with E-state index in [9.17, 15) is 0 Å². The second-order valence-corrected chi connectivity index (χ2v) is 8.31. The second-order valence-electron chi connectivity index (χ2n) is 6.76. The van der Waals surface area contributed by atoms with Crippen LogP contribution in [0.5, 0.6) is 0 Å². The van der Waals surface area contributed by atoms with E-state index in [0.717, 1.165) is 17.7 Å². The van der Waals surface area contributed by atoms with Crippen LogP contribution in [0.25, 0.3) is 0 Å². The van der Waals surface area contributed by atoms with Crippen LogP contribution in [0.2, 0.25) is 0 Å². The van der Waals surface area contributed by atoms with E-state index in [2.05, 4.69) is 44.4 Å². The molecule has 1 fully saturated rings. The van der Waals surface area contributed by atoms with Crippen molar-refractivity contribution in [1.82, 2.24) is 4.90 Å². The first-order valence-corrected chi connectivity index (χ1v) is 8.52. The van der Waals surface area contributed by atoms with Crippen molar-refractivity contribution in [2.45, 2.75) is 52.2 Å². The molecule has 2 atom stereocenters. The van der Waals surface area contributed by atoms with Crippen LogP contribution in [0.4, 0.5) is 0 Å². The molecule has 1 aliphatic rings. The zero-order valence-corrected chi connectivity index (χ0v) is 13.6. The molecule has 3 heteroatoms. The summed E-state index contributed by atoms with van der Waals surface area (Å²) in [4.78, 5) is 2.64. The summed E-state index contributed by atoms with van der Waals surface area (Å²) >= 11 is 2.12. The molecule has 0 aromatic carbocycles. The lowest BCUT2D eigenvalue weighted by Gasteiger charge is -2.33. The predicted octanol–water partition coefficient (Wildman–Crippen LogP) is 3.22. The summed E-state index contributed by atoms with van der Waals surface area (Å²) in [7, 11) is 0. The van der Waals surface area contributed by atoms with Crippen LogP contribution in [0.3, 0.4) is 0 Å². The Kier molecular flexibility index (Phi) is 7.04. The lowest BCUT2D eigenvalue weighted by molar-refractivity contribution is 0.195. The van der Waals surface area contributed by atoms with Crippen molar-refractivity contribution in [3.8, 4) is 0 Å². The fourth-order valence-corrected chi connectivity index (χ4v) is 3.95. The third-order valence-electron chi connectivity index (χ3n) is 4.09. The minimum atomic E-state index is 0.407. The van der Waals surface area contributed by atoms with Crippen LogP contribution in [0.15, 0.2) is 0 Å². The fourth-order valence-electron chi connectivity index (χ4n) is 2.87. The summed E-state index contributed by atoms with van der Waals surface area (Å²) in [6.07, 6.45) is 3.84. The Hall–Kier alpha value is 0.270. The number of hydrogen-bond acceptors (Lipinski definition) is 3. The lowest BCUT2D eigenvalue weighted by atomic mass is 9.76. The number of nitrogens with two attached hydrogens (primary N) is 1. The molecule has 0 bridgehead atoms. The second kappa shape index (κ2) is 7.76. The molecule has 2 unspecified atom stereocenters. The van der Waals surface area contributed by atoms with Gasteiger partial charge in [0, 0.05) is 24.1 Å². The average molecular weight is 273 g/mol. The van der Waals surface area contributed by atoms with E-state index in [0.29, 0.717) is 5.41 Å². The number of thioether (sulfide) groups is 1. The van der Waals surface area contributed by atoms with Crippen LogP contribution in [-0.2, 0) is 0 Å². The van der Waals surface area contributed by atoms with Crippen LogP contribution in [-0.4, -0.2) is 42.1 Å². The van der Waals surface area contributed by atoms with Crippen LogP contribution < -0.4 is 5.73 Å². The molecule has 0 radical (unpaired) electrons. The largest absolute Gasteiger partial charge is 0.330 e. The molecule has 0 saturated carbocycles. The van der Waals surface area contributed by atoms with E-state index in [-0.39, 0.29) is 0 Å². The van der Waals surface area contributed by atoms with Gasteiger partial charge in [-0.05, 0) is 43.7 Å². The molecule has 0 aliphatic carbocycles. The van der Waals surface area contributed by atoms with E-state index >= 15 is 0 Å². The van der Waals surface area contributed by atoms with Crippen molar-refractivity contribution < 1.29 is 0 Å². The Balaban J connectivity index is 2.25. The summed E-state index contributed by atoms with van der Waals surface area (Å²) < 4.78 is 0. The predicted molar refractivity (Wildman–Crippen MR) is 84.2 cm³/mol. The van der Waals surface area contributed by atoms with E-state index in [1.807, 2.05) is 0 Å². The summed E-state index contributed by atoms with van der Waals surface area (Å²) in [5, 5.41) is 0.821. The topological polar surface area (TPSA) is 29.3 Å². The van der Waals surface area contributed by atoms with Crippen LogP contribution in [0.1, 0.15) is 47.0 Å². The highest BCUT2D eigenvalue weighted by molar-refractivity contribution is 7.99. The van der Waals surface area contributed by atoms with E-state index in [1.165, 1.54) is 44.6 Å². The average Bonchev–Trinajstić information content (AvgIpc) is 2.27. The van der Waals surface area contributed by atoms with Gasteiger partial charge >= 0.3 is 0 Å². The van der Waals surface area contributed by atoms with Gasteiger partial charge in [-0.3, -0.25) is 0 Å². The van der Waals surface area contributed by atoms with E-state index in [4.69, 9.17) is 5.73 Å². The molecule has 0 spiro atoms. The highest BCUT2D eigenvalue weighted by Gasteiger charge is 2.24. The maximum absolute atomic E-state index is 5.75. The van der Waals surface area contributed by atoms with Crippen molar-refractivity contribution in [2.75, 3.05) is 31.9 Å². The Morgan fingerprint density at radius 3 is 2.61 bits per heavy atom. The van der Waals surface area contributed by atoms with Crippen molar-refractivity contribution >= 4 is 11.8 Å². The van der Waals surface area contributed by atoms with Crippen LogP contribution in [0, 0.1) is 11.3 Å². The van der Waals surface area contributed by atoms with Gasteiger partial charge in [0.1, 0.15) is 0 Å². The monoisotopic (exact) mass is 272 g/mol. The quantitative estimate of drug-likeness (QED) is 0.805. The van der Waals surface area contributed by atoms with Gasteiger partial charge in [-0.2, -0.15) is 11.8 Å². The molecule has 1 rings (SSSR count). The lowest BCUT2D eigenvalue weighted by Crippen LogP contribution is -2.37. The summed E-state index contributed by atoms with van der Waals surface area (Å²) in [5.41, 5.74) is 6.15. The molecular formula is C15H32N2S. The minimum absolute atomic E-state index is 0.407. The first-order chi connectivity index (χ1) is 8.43. The van der Waals surface area contributed by atoms with E-state index < -0.39 is 0 Å². The minimum Gasteiger partial charge on any atom is -0.330 e. The standard InChI is InChI=1S/C15H32N2S/c1-13-12-17(10-11-18-13)9-5-6-14(7-8-16)15(2,3)4/h13-14H,5-12,16H2,1-4H3. The van der Waals surface area contributed by atoms with Gasteiger partial charge in [0.15, 0.2) is 0 Å². The highest BCUT2D eigenvalue weighted by atomic mass is 32.2. The number of rotatable bonds is 6. The molecule has 18 heavy (non-hydrogen) atoms. The molecular weight excluding hydrogens is 240 g/mol. The SMILES string of the molecule is CC1CN(CCCC(CCN)C(C)(C)C)CCS1. The molecule has 0 aromatic heterocycles. The van der Waals surface area contributed by atoms with Gasteiger partial charge in [0.25, 0.3) is 0 Å². The Bertz CT molecular complexity index is 225. The third kappa shape index (κ3) is 5.94. The summed E-state index contributed by atoms with van der Waals surface area (Å²) in [6.45, 7) is 14.1. The maximum Gasteiger partial charge on any atom is 0.0147 e. The first kappa shape index (κ1) is 16.3. The molecule has 108 valence electrons. The molecule has 2 N–H and O–H groups in total. The zero-order chi connectivity index (χ0) is 13.6. The summed E-state index contributed by atoms with van der Waals surface area (Å²) in [5.74, 6) is 2.09. The molecule has 1 aliphatic heterocycles. The normalized spacial score (nSPS) is 24.2. The van der Waals surface area contributed by atoms with Gasteiger partial charge in [0.2, 0.25) is 0 Å². The Labute approximate surface area is 118 Å². The van der Waals surface area contributed by atoms with Crippen molar-refractivity contribution in [2.24, 2.45) is 17.1 Å². The molecule has 1 saturated heterocycles. The molecule has 0 amide bonds. The molecule has 1 heterocycles. The van der Waals surface area contributed by atoms with Gasteiger partial charge in [-0.1, -0.05) is 27.7 Å². The maximum atomic E-state index is 5.75. The molecule has 2 nitrogen and oxygen atoms in total. The van der Waals surface area contributed by atoms with E-state index in [1.54, 1.807) is 0 Å². The smallest absolute Gasteiger partial charge is 0.0147 e. The van der Waals surface area contributed by atoms with Gasteiger partial charge < -0.3 is 10.6 Å². The number of nitrogens with zero attached hydrogens (tertiary/aromatic N) is 1. The summed E-state index contributed by atoms with van der Waals surface area (Å²) in [6, 6.07) is 0. The van der Waals surface area contributed by atoms with Gasteiger partial charge in [-0.25, -0.2) is 0 Å². The first-order valence-electron chi connectivity index (χ1n) is 7.47. The highest BCUT2D eigenvalue weighted by Crippen LogP contribution is 2.32. The fraction of sp³-hybridized carbons (Fsp3) is 1.00. The third-order valence-corrected chi connectivity index (χ3v) is 5.23. The van der Waals surface area contributed by atoms with Crippen molar-refractivity contribution in [3.05, 3.63) is 0 Å². The Morgan fingerprint density at radius 1 is 1.33 bits per heavy atom. The van der Waals surface area contributed by atoms with Gasteiger partial charge in [0.05, 0.1) is 0 Å². The number of hydrogen-bond donors (Lipinski definition) is 1.